The number of aliphatic hydroxyl groups excluding tert-OH is 1. The second-order valence-electron chi connectivity index (χ2n) is 4.17. The van der Waals surface area contributed by atoms with Crippen LogP contribution in [0.4, 0.5) is 0 Å². The fourth-order valence-electron chi connectivity index (χ4n) is 2.76. The van der Waals surface area contributed by atoms with Gasteiger partial charge in [-0.1, -0.05) is 5.16 Å². The van der Waals surface area contributed by atoms with E-state index in [1.165, 1.54) is 0 Å². The highest BCUT2D eigenvalue weighted by Crippen LogP contribution is 2.72. The summed E-state index contributed by atoms with van der Waals surface area (Å²) in [6.45, 7) is 0.298. The van der Waals surface area contributed by atoms with Crippen LogP contribution < -0.4 is 0 Å². The lowest BCUT2D eigenvalue weighted by atomic mass is 9.35. The molecule has 1 aromatic rings. The molecule has 0 atom stereocenters. The molecule has 4 rings (SSSR count). The number of nitrogens with zero attached hydrogens (tertiary/aromatic N) is 2. The molecule has 0 aromatic carbocycles. The van der Waals surface area contributed by atoms with Gasteiger partial charge >= 0.3 is 0 Å². The van der Waals surface area contributed by atoms with Gasteiger partial charge in [-0.3, -0.25) is 0 Å². The second kappa shape index (κ2) is 1.71. The zero-order chi connectivity index (χ0) is 8.23. The van der Waals surface area contributed by atoms with E-state index in [2.05, 4.69) is 16.5 Å². The predicted molar refractivity (Wildman–Crippen MR) is 38.2 cm³/mol. The summed E-state index contributed by atoms with van der Waals surface area (Å²) < 4.78 is 4.97. The van der Waals surface area contributed by atoms with Gasteiger partial charge in [-0.15, -0.1) is 0 Å². The molecule has 0 unspecified atom stereocenters. The normalized spacial score (nSPS) is 43.4. The largest absolute Gasteiger partial charge is 0.396 e. The minimum Gasteiger partial charge on any atom is -0.396 e. The molecule has 1 aromatic heterocycles. The van der Waals surface area contributed by atoms with Crippen LogP contribution in [0.5, 0.6) is 0 Å². The fraction of sp³-hybridized carbons (Fsp3) is 0.750. The average molecular weight is 165 g/mol. The standard InChI is InChI=1S/C8H9N2O2/c11-4-7-1-8(2-7,3-7)6-9-5-10-12-6/h11H,1-4H2. The van der Waals surface area contributed by atoms with Crippen molar-refractivity contribution in [2.75, 3.05) is 6.61 Å². The van der Waals surface area contributed by atoms with Crippen molar-refractivity contribution in [1.29, 1.82) is 0 Å². The molecular weight excluding hydrogens is 156 g/mol. The van der Waals surface area contributed by atoms with Crippen LogP contribution in [0.25, 0.3) is 0 Å². The fourth-order valence-corrected chi connectivity index (χ4v) is 2.76. The van der Waals surface area contributed by atoms with Crippen molar-refractivity contribution in [1.82, 2.24) is 10.1 Å². The van der Waals surface area contributed by atoms with Crippen LogP contribution in [0.2, 0.25) is 0 Å². The molecule has 2 bridgehead atoms. The average Bonchev–Trinajstić information content (AvgIpc) is 2.35. The smallest absolute Gasteiger partial charge is 0.243 e. The van der Waals surface area contributed by atoms with Crippen LogP contribution in [0, 0.1) is 11.7 Å². The van der Waals surface area contributed by atoms with Gasteiger partial charge in [0.05, 0.1) is 5.41 Å². The molecule has 1 N–H and O–H groups in total. The van der Waals surface area contributed by atoms with Crippen LogP contribution in [-0.4, -0.2) is 21.9 Å². The number of hydrogen-bond acceptors (Lipinski definition) is 4. The van der Waals surface area contributed by atoms with Gasteiger partial charge in [-0.2, -0.15) is 4.98 Å². The first-order chi connectivity index (χ1) is 5.79. The van der Waals surface area contributed by atoms with Crippen molar-refractivity contribution < 1.29 is 9.63 Å². The summed E-state index contributed by atoms with van der Waals surface area (Å²) in [5.74, 6) is 0.706. The number of rotatable bonds is 2. The van der Waals surface area contributed by atoms with Crippen molar-refractivity contribution in [3.63, 3.8) is 0 Å². The van der Waals surface area contributed by atoms with E-state index in [1.54, 1.807) is 0 Å². The van der Waals surface area contributed by atoms with Crippen molar-refractivity contribution in [3.8, 4) is 0 Å². The Kier molecular flexibility index (Phi) is 0.942. The van der Waals surface area contributed by atoms with Gasteiger partial charge in [0.1, 0.15) is 0 Å². The Bertz CT molecular complexity index is 287. The minimum atomic E-state index is 0.121. The maximum Gasteiger partial charge on any atom is 0.243 e. The molecule has 12 heavy (non-hydrogen) atoms. The molecule has 3 fully saturated rings. The molecule has 3 aliphatic carbocycles. The highest BCUT2D eigenvalue weighted by atomic mass is 16.5. The van der Waals surface area contributed by atoms with Crippen LogP contribution >= 0.6 is 0 Å². The molecule has 1 heterocycles. The molecular formula is C8H9N2O2. The lowest BCUT2D eigenvalue weighted by molar-refractivity contribution is -0.180. The van der Waals surface area contributed by atoms with Gasteiger partial charge in [0, 0.05) is 6.61 Å². The number of aromatic nitrogens is 2. The third-order valence-electron chi connectivity index (χ3n) is 3.25. The van der Waals surface area contributed by atoms with E-state index < -0.39 is 0 Å². The maximum atomic E-state index is 9.02. The van der Waals surface area contributed by atoms with Crippen molar-refractivity contribution >= 4 is 0 Å². The second-order valence-corrected chi connectivity index (χ2v) is 4.17. The van der Waals surface area contributed by atoms with E-state index in [0.29, 0.717) is 12.5 Å². The van der Waals surface area contributed by atoms with Crippen molar-refractivity contribution in [3.05, 3.63) is 12.2 Å². The molecule has 4 heteroatoms. The lowest BCUT2D eigenvalue weighted by Crippen LogP contribution is -2.66. The van der Waals surface area contributed by atoms with Crippen molar-refractivity contribution in [2.45, 2.75) is 24.7 Å². The molecule has 0 aliphatic heterocycles. The van der Waals surface area contributed by atoms with Crippen molar-refractivity contribution in [2.24, 2.45) is 5.41 Å². The molecule has 0 saturated heterocycles. The summed E-state index contributed by atoms with van der Waals surface area (Å²) in [5.41, 5.74) is 0.324. The van der Waals surface area contributed by atoms with E-state index in [9.17, 15) is 0 Å². The molecule has 3 saturated carbocycles. The topological polar surface area (TPSA) is 59.2 Å². The summed E-state index contributed by atoms with van der Waals surface area (Å²) in [5, 5.41) is 12.5. The lowest BCUT2D eigenvalue weighted by Gasteiger charge is -2.68. The van der Waals surface area contributed by atoms with Crippen LogP contribution in [0.15, 0.2) is 4.52 Å². The monoisotopic (exact) mass is 165 g/mol. The first-order valence-corrected chi connectivity index (χ1v) is 4.10. The summed E-state index contributed by atoms with van der Waals surface area (Å²) in [4.78, 5) is 3.93. The predicted octanol–water partition coefficient (Wildman–Crippen LogP) is 0.284. The molecule has 63 valence electrons. The quantitative estimate of drug-likeness (QED) is 0.684. The Hall–Kier alpha value is -0.900. The van der Waals surface area contributed by atoms with E-state index in [1.807, 2.05) is 0 Å². The maximum absolute atomic E-state index is 9.02. The number of aliphatic hydroxyl groups is 1. The highest BCUT2D eigenvalue weighted by molar-refractivity contribution is 5.28. The Morgan fingerprint density at radius 2 is 2.25 bits per heavy atom. The summed E-state index contributed by atoms with van der Waals surface area (Å²) in [7, 11) is 0. The Labute approximate surface area is 69.6 Å². The van der Waals surface area contributed by atoms with Gasteiger partial charge < -0.3 is 9.63 Å². The number of hydrogen-bond donors (Lipinski definition) is 1. The van der Waals surface area contributed by atoms with Crippen LogP contribution in [0.1, 0.15) is 25.2 Å². The molecule has 0 amide bonds. The first kappa shape index (κ1) is 6.60. The minimum absolute atomic E-state index is 0.121. The highest BCUT2D eigenvalue weighted by Gasteiger charge is 2.70. The summed E-state index contributed by atoms with van der Waals surface area (Å²) >= 11 is 0. The van der Waals surface area contributed by atoms with E-state index >= 15 is 0 Å². The van der Waals surface area contributed by atoms with Crippen LogP contribution in [-0.2, 0) is 5.41 Å². The SMILES string of the molecule is OCC12CC(c3n[c]no3)(C1)C2. The first-order valence-electron chi connectivity index (χ1n) is 4.10. The van der Waals surface area contributed by atoms with Crippen LogP contribution in [0.3, 0.4) is 0 Å². The Balaban J connectivity index is 1.84. The third-order valence-corrected chi connectivity index (χ3v) is 3.25. The van der Waals surface area contributed by atoms with Gasteiger partial charge in [-0.05, 0) is 24.7 Å². The summed E-state index contributed by atoms with van der Waals surface area (Å²) in [6.07, 6.45) is 5.45. The van der Waals surface area contributed by atoms with Gasteiger partial charge in [-0.25, -0.2) is 0 Å². The molecule has 3 aliphatic rings. The zero-order valence-corrected chi connectivity index (χ0v) is 6.58. The molecule has 4 nitrogen and oxygen atoms in total. The third kappa shape index (κ3) is 0.545. The van der Waals surface area contributed by atoms with Gasteiger partial charge in [0.15, 0.2) is 0 Å². The summed E-state index contributed by atoms with van der Waals surface area (Å²) in [6, 6.07) is 0. The van der Waals surface area contributed by atoms with E-state index in [0.717, 1.165) is 19.3 Å². The molecule has 1 radical (unpaired) electrons. The Morgan fingerprint density at radius 3 is 2.75 bits per heavy atom. The van der Waals surface area contributed by atoms with Gasteiger partial charge in [0.25, 0.3) is 0 Å². The van der Waals surface area contributed by atoms with Gasteiger partial charge in [0.2, 0.25) is 12.2 Å². The molecule has 0 spiro atoms. The Morgan fingerprint density at radius 1 is 1.50 bits per heavy atom. The van der Waals surface area contributed by atoms with E-state index in [-0.39, 0.29) is 10.8 Å². The van der Waals surface area contributed by atoms with E-state index in [4.69, 9.17) is 9.63 Å². The zero-order valence-electron chi connectivity index (χ0n) is 6.58.